The summed E-state index contributed by atoms with van der Waals surface area (Å²) < 4.78 is 5.52. The monoisotopic (exact) mass is 346 g/mol. The Morgan fingerprint density at radius 3 is 2.44 bits per heavy atom. The number of esters is 1. The van der Waals surface area contributed by atoms with E-state index in [2.05, 4.69) is 0 Å². The van der Waals surface area contributed by atoms with E-state index >= 15 is 0 Å². The molecule has 1 amide bonds. The van der Waals surface area contributed by atoms with Gasteiger partial charge in [-0.15, -0.1) is 0 Å². The lowest BCUT2D eigenvalue weighted by atomic mass is 9.83. The van der Waals surface area contributed by atoms with Gasteiger partial charge in [-0.2, -0.15) is 0 Å². The number of amides is 1. The summed E-state index contributed by atoms with van der Waals surface area (Å²) in [5, 5.41) is 0. The largest absolute Gasteiger partial charge is 0.459 e. The van der Waals surface area contributed by atoms with Gasteiger partial charge in [0.15, 0.2) is 0 Å². The van der Waals surface area contributed by atoms with Gasteiger partial charge in [0.2, 0.25) is 5.91 Å². The number of likely N-dealkylation sites (tertiary alicyclic amines) is 1. The minimum absolute atomic E-state index is 0.181. The molecule has 5 nitrogen and oxygen atoms in total. The van der Waals surface area contributed by atoms with Crippen molar-refractivity contribution in [1.82, 2.24) is 4.90 Å². The van der Waals surface area contributed by atoms with Crippen LogP contribution in [-0.2, 0) is 20.9 Å². The highest BCUT2D eigenvalue weighted by atomic mass is 16.5. The van der Waals surface area contributed by atoms with Crippen molar-refractivity contribution in [2.45, 2.75) is 59.7 Å². The van der Waals surface area contributed by atoms with Crippen molar-refractivity contribution in [2.75, 3.05) is 6.54 Å². The molecule has 5 heteroatoms. The van der Waals surface area contributed by atoms with Crippen LogP contribution in [-0.4, -0.2) is 35.4 Å². The van der Waals surface area contributed by atoms with E-state index in [1.807, 2.05) is 65.0 Å². The highest BCUT2D eigenvalue weighted by Gasteiger charge is 2.49. The second-order valence-corrected chi connectivity index (χ2v) is 8.61. The highest BCUT2D eigenvalue weighted by molar-refractivity contribution is 5.89. The maximum Gasteiger partial charge on any atom is 0.329 e. The predicted molar refractivity (Wildman–Crippen MR) is 97.6 cm³/mol. The van der Waals surface area contributed by atoms with Crippen molar-refractivity contribution in [3.63, 3.8) is 0 Å². The molecule has 1 heterocycles. The Bertz CT molecular complexity index is 620. The molecule has 1 unspecified atom stereocenters. The third kappa shape index (κ3) is 4.40. The van der Waals surface area contributed by atoms with Crippen LogP contribution < -0.4 is 5.73 Å². The molecule has 2 atom stereocenters. The zero-order valence-electron chi connectivity index (χ0n) is 15.9. The highest BCUT2D eigenvalue weighted by Crippen LogP contribution is 2.38. The molecule has 0 aliphatic carbocycles. The summed E-state index contributed by atoms with van der Waals surface area (Å²) in [7, 11) is 0. The van der Waals surface area contributed by atoms with E-state index in [1.165, 1.54) is 0 Å². The Morgan fingerprint density at radius 2 is 1.88 bits per heavy atom. The third-order valence-corrected chi connectivity index (χ3v) is 4.98. The number of benzene rings is 1. The molecule has 0 radical (unpaired) electrons. The van der Waals surface area contributed by atoms with Crippen LogP contribution in [0.5, 0.6) is 0 Å². The molecule has 1 aromatic carbocycles. The topological polar surface area (TPSA) is 72.6 Å². The van der Waals surface area contributed by atoms with Crippen LogP contribution in [0.3, 0.4) is 0 Å². The Kier molecular flexibility index (Phi) is 5.57. The molecule has 0 saturated carbocycles. The molecular formula is C20H30N2O3. The first-order chi connectivity index (χ1) is 11.5. The average molecular weight is 346 g/mol. The van der Waals surface area contributed by atoms with Crippen LogP contribution in [0.15, 0.2) is 30.3 Å². The van der Waals surface area contributed by atoms with Crippen molar-refractivity contribution in [3.8, 4) is 0 Å². The minimum Gasteiger partial charge on any atom is -0.459 e. The zero-order chi connectivity index (χ0) is 18.8. The van der Waals surface area contributed by atoms with Gasteiger partial charge in [0.05, 0.1) is 6.04 Å². The van der Waals surface area contributed by atoms with E-state index in [4.69, 9.17) is 10.5 Å². The Hall–Kier alpha value is -1.88. The number of carbonyl (C=O) groups is 2. The fraction of sp³-hybridized carbons (Fsp3) is 0.600. The number of ether oxygens (including phenoxy) is 1. The number of hydrogen-bond donors (Lipinski definition) is 1. The molecule has 1 fully saturated rings. The van der Waals surface area contributed by atoms with Crippen LogP contribution >= 0.6 is 0 Å². The predicted octanol–water partition coefficient (Wildman–Crippen LogP) is 2.73. The molecule has 138 valence electrons. The lowest BCUT2D eigenvalue weighted by molar-refractivity contribution is -0.158. The Morgan fingerprint density at radius 1 is 1.28 bits per heavy atom. The van der Waals surface area contributed by atoms with Gasteiger partial charge < -0.3 is 15.4 Å². The van der Waals surface area contributed by atoms with E-state index in [9.17, 15) is 9.59 Å². The maximum absolute atomic E-state index is 12.9. The summed E-state index contributed by atoms with van der Waals surface area (Å²) in [6.45, 7) is 10.5. The van der Waals surface area contributed by atoms with Gasteiger partial charge in [-0.1, -0.05) is 65.0 Å². The molecule has 25 heavy (non-hydrogen) atoms. The first kappa shape index (κ1) is 19.4. The normalized spacial score (nSPS) is 21.0. The Balaban J connectivity index is 2.13. The minimum atomic E-state index is -0.647. The molecule has 0 spiro atoms. The van der Waals surface area contributed by atoms with E-state index in [0.717, 1.165) is 12.0 Å². The van der Waals surface area contributed by atoms with E-state index in [-0.39, 0.29) is 29.3 Å². The second-order valence-electron chi connectivity index (χ2n) is 8.61. The molecule has 1 aromatic rings. The first-order valence-electron chi connectivity index (χ1n) is 8.80. The van der Waals surface area contributed by atoms with Crippen LogP contribution in [0, 0.1) is 10.8 Å². The lowest BCUT2D eigenvalue weighted by Gasteiger charge is -2.35. The maximum atomic E-state index is 12.9. The van der Waals surface area contributed by atoms with Gasteiger partial charge in [0, 0.05) is 6.54 Å². The number of carbonyl (C=O) groups excluding carboxylic acids is 2. The van der Waals surface area contributed by atoms with Gasteiger partial charge in [-0.05, 0) is 22.8 Å². The van der Waals surface area contributed by atoms with Crippen molar-refractivity contribution in [1.29, 1.82) is 0 Å². The summed E-state index contributed by atoms with van der Waals surface area (Å²) in [6.07, 6.45) is 0.751. The number of nitrogens with two attached hydrogens (primary N) is 1. The molecular weight excluding hydrogens is 316 g/mol. The average Bonchev–Trinajstić information content (AvgIpc) is 2.86. The van der Waals surface area contributed by atoms with Gasteiger partial charge >= 0.3 is 5.97 Å². The van der Waals surface area contributed by atoms with Crippen molar-refractivity contribution in [3.05, 3.63) is 35.9 Å². The van der Waals surface area contributed by atoms with E-state index in [0.29, 0.717) is 6.54 Å². The number of hydrogen-bond acceptors (Lipinski definition) is 4. The van der Waals surface area contributed by atoms with E-state index in [1.54, 1.807) is 4.90 Å². The molecule has 1 aliphatic heterocycles. The SMILES string of the molecule is CC1(C)CCN(C(=O)[C@@H](N)C(C)(C)C)C1C(=O)OCc1ccccc1. The summed E-state index contributed by atoms with van der Waals surface area (Å²) in [4.78, 5) is 27.2. The van der Waals surface area contributed by atoms with Crippen LogP contribution in [0.25, 0.3) is 0 Å². The molecule has 2 N–H and O–H groups in total. The lowest BCUT2D eigenvalue weighted by Crippen LogP contribution is -2.55. The second kappa shape index (κ2) is 7.16. The molecule has 1 saturated heterocycles. The standard InChI is InChI=1S/C20H30N2O3/c1-19(2,3)15(21)17(23)22-12-11-20(4,5)16(22)18(24)25-13-14-9-7-6-8-10-14/h6-10,15-16H,11-13,21H2,1-5H3/t15-,16?/m1/s1. The van der Waals surface area contributed by atoms with Gasteiger partial charge in [-0.25, -0.2) is 4.79 Å². The van der Waals surface area contributed by atoms with Crippen LogP contribution in [0.4, 0.5) is 0 Å². The van der Waals surface area contributed by atoms with Gasteiger partial charge in [0.25, 0.3) is 0 Å². The van der Waals surface area contributed by atoms with Gasteiger partial charge in [-0.3, -0.25) is 4.79 Å². The van der Waals surface area contributed by atoms with E-state index < -0.39 is 12.1 Å². The Labute approximate surface area is 150 Å². The molecule has 1 aliphatic rings. The smallest absolute Gasteiger partial charge is 0.329 e. The number of nitrogens with zero attached hydrogens (tertiary/aromatic N) is 1. The van der Waals surface area contributed by atoms with Crippen LogP contribution in [0.1, 0.15) is 46.6 Å². The van der Waals surface area contributed by atoms with Crippen molar-refractivity contribution in [2.24, 2.45) is 16.6 Å². The summed E-state index contributed by atoms with van der Waals surface area (Å²) in [5.41, 5.74) is 6.38. The molecule has 2 rings (SSSR count). The summed E-state index contributed by atoms with van der Waals surface area (Å²) >= 11 is 0. The molecule has 0 bridgehead atoms. The number of rotatable bonds is 4. The fourth-order valence-electron chi connectivity index (χ4n) is 3.14. The molecule has 0 aromatic heterocycles. The summed E-state index contributed by atoms with van der Waals surface area (Å²) in [6, 6.07) is 8.29. The van der Waals surface area contributed by atoms with Crippen molar-refractivity contribution < 1.29 is 14.3 Å². The van der Waals surface area contributed by atoms with Crippen LogP contribution in [0.2, 0.25) is 0 Å². The van der Waals surface area contributed by atoms with Gasteiger partial charge in [0.1, 0.15) is 12.6 Å². The fourth-order valence-corrected chi connectivity index (χ4v) is 3.14. The zero-order valence-corrected chi connectivity index (χ0v) is 15.9. The third-order valence-electron chi connectivity index (χ3n) is 4.98. The first-order valence-corrected chi connectivity index (χ1v) is 8.80. The quantitative estimate of drug-likeness (QED) is 0.851. The van der Waals surface area contributed by atoms with Crippen molar-refractivity contribution >= 4 is 11.9 Å². The summed E-state index contributed by atoms with van der Waals surface area (Å²) in [5.74, 6) is -0.541.